The lowest BCUT2D eigenvalue weighted by atomic mass is 9.78. The van der Waals surface area contributed by atoms with Gasteiger partial charge in [0.05, 0.1) is 28.3 Å². The van der Waals surface area contributed by atoms with Gasteiger partial charge in [0, 0.05) is 18.6 Å². The molecule has 35 heavy (non-hydrogen) atoms. The Balaban J connectivity index is 1.59. The van der Waals surface area contributed by atoms with E-state index in [1.54, 1.807) is 4.90 Å². The number of piperazine rings is 1. The minimum Gasteiger partial charge on any atom is -0.465 e. The molecule has 1 N–H and O–H groups in total. The number of carbonyl (C=O) groups is 1. The average Bonchev–Trinajstić information content (AvgIpc) is 3.33. The molecule has 2 atom stereocenters. The van der Waals surface area contributed by atoms with Crippen LogP contribution in [0.5, 0.6) is 5.75 Å². The van der Waals surface area contributed by atoms with Crippen molar-refractivity contribution >= 4 is 47.4 Å². The number of aromatic nitrogens is 1. The third kappa shape index (κ3) is 4.07. The van der Waals surface area contributed by atoms with Crippen LogP contribution in [0.2, 0.25) is 5.02 Å². The standard InChI is InChI=1S/C21H24BClF3N3O6/c1-19(2)20(3,4)35-22(34-19)12-7-13(23)16(33-21(24,25)26)14-15(12)32-17(27-14)28-8-10-5-6-11(9-28)29(10)18(30)31/h7,10-11H,5-6,8-9H2,1-4H3,(H,30,31). The molecule has 3 aliphatic heterocycles. The Kier molecular flexibility index (Phi) is 5.43. The van der Waals surface area contributed by atoms with E-state index in [9.17, 15) is 23.1 Å². The Morgan fingerprint density at radius 3 is 2.29 bits per heavy atom. The number of benzene rings is 1. The van der Waals surface area contributed by atoms with Crippen molar-refractivity contribution in [1.82, 2.24) is 9.88 Å². The van der Waals surface area contributed by atoms with Gasteiger partial charge in [0.25, 0.3) is 6.01 Å². The van der Waals surface area contributed by atoms with Crippen molar-refractivity contribution < 1.29 is 41.5 Å². The van der Waals surface area contributed by atoms with Gasteiger partial charge in [0.15, 0.2) is 16.8 Å². The van der Waals surface area contributed by atoms with Crippen LogP contribution in [0.4, 0.5) is 24.0 Å². The lowest BCUT2D eigenvalue weighted by Gasteiger charge is -2.38. The number of fused-ring (bicyclic) bond motifs is 3. The largest absolute Gasteiger partial charge is 0.573 e. The van der Waals surface area contributed by atoms with Gasteiger partial charge in [0.2, 0.25) is 0 Å². The highest BCUT2D eigenvalue weighted by Crippen LogP contribution is 2.42. The number of oxazole rings is 1. The summed E-state index contributed by atoms with van der Waals surface area (Å²) in [4.78, 5) is 19.1. The van der Waals surface area contributed by atoms with Crippen molar-refractivity contribution in [3.05, 3.63) is 11.1 Å². The molecular formula is C21H24BClF3N3O6. The summed E-state index contributed by atoms with van der Waals surface area (Å²) < 4.78 is 61.9. The molecule has 3 aliphatic rings. The van der Waals surface area contributed by atoms with Crippen LogP contribution in [0.3, 0.4) is 0 Å². The third-order valence-corrected chi connectivity index (χ3v) is 7.57. The molecule has 0 saturated carbocycles. The van der Waals surface area contributed by atoms with Crippen molar-refractivity contribution in [1.29, 1.82) is 0 Å². The second-order valence-corrected chi connectivity index (χ2v) is 10.5. The van der Waals surface area contributed by atoms with E-state index in [1.165, 1.54) is 11.0 Å². The SMILES string of the molecule is CC1(C)OB(c2cc(Cl)c(OC(F)(F)F)c3nc(N4CC5CCC(C4)N5C(=O)O)oc23)OC1(C)C. The second kappa shape index (κ2) is 7.81. The summed E-state index contributed by atoms with van der Waals surface area (Å²) >= 11 is 6.24. The predicted molar refractivity (Wildman–Crippen MR) is 120 cm³/mol. The average molecular weight is 518 g/mol. The Morgan fingerprint density at radius 2 is 1.77 bits per heavy atom. The smallest absolute Gasteiger partial charge is 0.465 e. The van der Waals surface area contributed by atoms with Gasteiger partial charge in [-0.05, 0) is 46.6 Å². The van der Waals surface area contributed by atoms with Crippen LogP contribution in [0.25, 0.3) is 11.1 Å². The fourth-order valence-corrected chi connectivity index (χ4v) is 5.15. The fourth-order valence-electron chi connectivity index (χ4n) is 4.90. The Morgan fingerprint density at radius 1 is 1.20 bits per heavy atom. The molecule has 3 fully saturated rings. The summed E-state index contributed by atoms with van der Waals surface area (Å²) in [7, 11) is -0.972. The molecule has 1 amide bonds. The Bertz CT molecular complexity index is 1160. The van der Waals surface area contributed by atoms with Gasteiger partial charge in [-0.15, -0.1) is 13.2 Å². The van der Waals surface area contributed by atoms with E-state index in [0.717, 1.165) is 0 Å². The molecule has 4 heterocycles. The van der Waals surface area contributed by atoms with Crippen molar-refractivity contribution in [3.63, 3.8) is 0 Å². The number of carboxylic acid groups (broad SMARTS) is 1. The van der Waals surface area contributed by atoms with E-state index in [1.807, 2.05) is 27.7 Å². The van der Waals surface area contributed by atoms with Crippen LogP contribution in [0.15, 0.2) is 10.5 Å². The van der Waals surface area contributed by atoms with E-state index in [0.29, 0.717) is 25.9 Å². The van der Waals surface area contributed by atoms with Gasteiger partial charge in [0.1, 0.15) is 0 Å². The first kappa shape index (κ1) is 24.3. The maximum Gasteiger partial charge on any atom is 0.573 e. The van der Waals surface area contributed by atoms with Crippen LogP contribution in [0, 0.1) is 0 Å². The van der Waals surface area contributed by atoms with Crippen LogP contribution in [-0.4, -0.2) is 70.9 Å². The summed E-state index contributed by atoms with van der Waals surface area (Å²) in [6, 6.07) is 0.791. The number of halogens is 4. The minimum atomic E-state index is -5.01. The lowest BCUT2D eigenvalue weighted by molar-refractivity contribution is -0.274. The number of hydrogen-bond acceptors (Lipinski definition) is 7. The van der Waals surface area contributed by atoms with Crippen LogP contribution < -0.4 is 15.1 Å². The van der Waals surface area contributed by atoms with Gasteiger partial charge in [-0.3, -0.25) is 4.90 Å². The molecule has 2 unspecified atom stereocenters. The third-order valence-electron chi connectivity index (χ3n) is 7.29. The molecule has 0 spiro atoms. The van der Waals surface area contributed by atoms with E-state index in [2.05, 4.69) is 9.72 Å². The zero-order valence-corrected chi connectivity index (χ0v) is 20.2. The van der Waals surface area contributed by atoms with Crippen LogP contribution >= 0.6 is 11.6 Å². The first-order valence-electron chi connectivity index (χ1n) is 11.2. The predicted octanol–water partition coefficient (Wildman–Crippen LogP) is 4.01. The molecule has 0 aliphatic carbocycles. The number of ether oxygens (including phenoxy) is 1. The molecule has 0 radical (unpaired) electrons. The first-order chi connectivity index (χ1) is 16.2. The van der Waals surface area contributed by atoms with Gasteiger partial charge < -0.3 is 28.5 Å². The second-order valence-electron chi connectivity index (χ2n) is 10.1. The fraction of sp³-hybridized carbons (Fsp3) is 0.619. The van der Waals surface area contributed by atoms with Crippen molar-refractivity contribution in [2.24, 2.45) is 0 Å². The van der Waals surface area contributed by atoms with E-state index in [-0.39, 0.29) is 39.7 Å². The zero-order chi connectivity index (χ0) is 25.5. The van der Waals surface area contributed by atoms with Crippen molar-refractivity contribution in [2.45, 2.75) is 70.2 Å². The molecule has 1 aromatic heterocycles. The Hall–Kier alpha value is -2.38. The van der Waals surface area contributed by atoms with E-state index < -0.39 is 36.5 Å². The van der Waals surface area contributed by atoms with E-state index >= 15 is 0 Å². The summed E-state index contributed by atoms with van der Waals surface area (Å²) in [6.45, 7) is 7.97. The molecule has 1 aromatic carbocycles. The van der Waals surface area contributed by atoms with Gasteiger partial charge in [-0.25, -0.2) is 4.79 Å². The molecule has 14 heteroatoms. The number of rotatable bonds is 3. The Labute approximate surface area is 204 Å². The lowest BCUT2D eigenvalue weighted by Crippen LogP contribution is -2.55. The topological polar surface area (TPSA) is 97.5 Å². The van der Waals surface area contributed by atoms with Gasteiger partial charge in [-0.1, -0.05) is 11.6 Å². The number of anilines is 1. The number of hydrogen-bond donors (Lipinski definition) is 1. The van der Waals surface area contributed by atoms with E-state index in [4.69, 9.17) is 25.3 Å². The molecule has 2 aromatic rings. The molecule has 9 nitrogen and oxygen atoms in total. The number of alkyl halides is 3. The van der Waals surface area contributed by atoms with Gasteiger partial charge >= 0.3 is 19.6 Å². The maximum absolute atomic E-state index is 13.2. The summed E-state index contributed by atoms with van der Waals surface area (Å²) in [5.41, 5.74) is -1.37. The normalized spacial score (nSPS) is 25.5. The number of amides is 1. The number of nitrogens with zero attached hydrogens (tertiary/aromatic N) is 3. The minimum absolute atomic E-state index is 0.00448. The van der Waals surface area contributed by atoms with Crippen LogP contribution in [-0.2, 0) is 9.31 Å². The first-order valence-corrected chi connectivity index (χ1v) is 11.6. The molecule has 2 bridgehead atoms. The highest BCUT2D eigenvalue weighted by atomic mass is 35.5. The molecular weight excluding hydrogens is 494 g/mol. The summed E-state index contributed by atoms with van der Waals surface area (Å²) in [6.07, 6.45) is -4.64. The summed E-state index contributed by atoms with van der Waals surface area (Å²) in [5.74, 6) is -0.684. The quantitative estimate of drug-likeness (QED) is 0.610. The maximum atomic E-state index is 13.2. The molecule has 5 rings (SSSR count). The van der Waals surface area contributed by atoms with Gasteiger partial charge in [-0.2, -0.15) is 4.98 Å². The van der Waals surface area contributed by atoms with Crippen molar-refractivity contribution in [3.8, 4) is 5.75 Å². The monoisotopic (exact) mass is 517 g/mol. The molecule has 190 valence electrons. The zero-order valence-electron chi connectivity index (χ0n) is 19.5. The van der Waals surface area contributed by atoms with Crippen LogP contribution in [0.1, 0.15) is 40.5 Å². The summed E-state index contributed by atoms with van der Waals surface area (Å²) in [5, 5.41) is 9.19. The van der Waals surface area contributed by atoms with Crippen molar-refractivity contribution in [2.75, 3.05) is 18.0 Å². The highest BCUT2D eigenvalue weighted by molar-refractivity contribution is 6.65. The molecule has 3 saturated heterocycles. The highest BCUT2D eigenvalue weighted by Gasteiger charge is 2.53.